The lowest BCUT2D eigenvalue weighted by atomic mass is 10.1. The summed E-state index contributed by atoms with van der Waals surface area (Å²) in [6, 6.07) is 15.6. The van der Waals surface area contributed by atoms with Crippen LogP contribution in [0.2, 0.25) is 0 Å². The van der Waals surface area contributed by atoms with Crippen molar-refractivity contribution in [2.75, 3.05) is 13.9 Å². The molecule has 5 rings (SSSR count). The van der Waals surface area contributed by atoms with Crippen molar-refractivity contribution in [3.8, 4) is 22.6 Å². The number of aromatic nitrogens is 3. The minimum atomic E-state index is -0.251. The lowest BCUT2D eigenvalue weighted by Crippen LogP contribution is -2.25. The fourth-order valence-corrected chi connectivity index (χ4v) is 3.87. The highest BCUT2D eigenvalue weighted by Gasteiger charge is 2.21. The highest BCUT2D eigenvalue weighted by atomic mass is 16.7. The SMILES string of the molecule is COCc1c(C(=O)NCc2ccc3c(c2)OCO3)cnc2c(-c3ccccc3)c(C)nn12. The minimum Gasteiger partial charge on any atom is -0.454 e. The molecular weight excluding hydrogens is 408 g/mol. The Labute approximate surface area is 184 Å². The maximum atomic E-state index is 13.0. The zero-order valence-corrected chi connectivity index (χ0v) is 17.8. The molecule has 0 saturated heterocycles. The molecule has 0 spiro atoms. The van der Waals surface area contributed by atoms with Gasteiger partial charge in [-0.3, -0.25) is 4.79 Å². The summed E-state index contributed by atoms with van der Waals surface area (Å²) < 4.78 is 17.8. The Morgan fingerprint density at radius 3 is 2.78 bits per heavy atom. The molecule has 4 aromatic rings. The summed E-state index contributed by atoms with van der Waals surface area (Å²) in [6.07, 6.45) is 1.59. The number of ether oxygens (including phenoxy) is 3. The van der Waals surface area contributed by atoms with Gasteiger partial charge in [-0.25, -0.2) is 9.50 Å². The molecule has 1 aliphatic rings. The van der Waals surface area contributed by atoms with Crippen LogP contribution in [0.25, 0.3) is 16.8 Å². The van der Waals surface area contributed by atoms with Gasteiger partial charge in [-0.2, -0.15) is 5.10 Å². The monoisotopic (exact) mass is 430 g/mol. The third-order valence-electron chi connectivity index (χ3n) is 5.40. The van der Waals surface area contributed by atoms with Gasteiger partial charge in [0.05, 0.1) is 23.6 Å². The summed E-state index contributed by atoms with van der Waals surface area (Å²) in [7, 11) is 1.59. The molecule has 0 atom stereocenters. The predicted octanol–water partition coefficient (Wildman–Crippen LogP) is 3.51. The average Bonchev–Trinajstić information content (AvgIpc) is 3.41. The number of fused-ring (bicyclic) bond motifs is 2. The minimum absolute atomic E-state index is 0.214. The third kappa shape index (κ3) is 3.54. The van der Waals surface area contributed by atoms with E-state index >= 15 is 0 Å². The maximum absolute atomic E-state index is 13.0. The number of methoxy groups -OCH3 is 1. The van der Waals surface area contributed by atoms with Crippen LogP contribution in [0.15, 0.2) is 54.7 Å². The van der Waals surface area contributed by atoms with E-state index in [1.54, 1.807) is 17.8 Å². The Balaban J connectivity index is 1.47. The first kappa shape index (κ1) is 20.0. The van der Waals surface area contributed by atoms with Gasteiger partial charge in [0, 0.05) is 25.4 Å². The number of rotatable bonds is 6. The van der Waals surface area contributed by atoms with Gasteiger partial charge in [0.2, 0.25) is 6.79 Å². The maximum Gasteiger partial charge on any atom is 0.255 e. The van der Waals surface area contributed by atoms with Gasteiger partial charge in [0.1, 0.15) is 0 Å². The van der Waals surface area contributed by atoms with E-state index in [0.717, 1.165) is 22.4 Å². The molecule has 0 saturated carbocycles. The van der Waals surface area contributed by atoms with Crippen molar-refractivity contribution in [2.24, 2.45) is 0 Å². The smallest absolute Gasteiger partial charge is 0.255 e. The Bertz CT molecular complexity index is 1300. The molecule has 0 aliphatic carbocycles. The van der Waals surface area contributed by atoms with Crippen molar-refractivity contribution < 1.29 is 19.0 Å². The Kier molecular flexibility index (Phi) is 5.20. The fourth-order valence-electron chi connectivity index (χ4n) is 3.87. The number of nitrogens with zero attached hydrogens (tertiary/aromatic N) is 3. The summed E-state index contributed by atoms with van der Waals surface area (Å²) in [5.74, 6) is 1.14. The number of hydrogen-bond acceptors (Lipinski definition) is 6. The van der Waals surface area contributed by atoms with E-state index in [1.807, 2.05) is 55.5 Å². The summed E-state index contributed by atoms with van der Waals surface area (Å²) >= 11 is 0. The topological polar surface area (TPSA) is 87.0 Å². The highest BCUT2D eigenvalue weighted by molar-refractivity contribution is 5.95. The van der Waals surface area contributed by atoms with Crippen molar-refractivity contribution in [1.82, 2.24) is 19.9 Å². The summed E-state index contributed by atoms with van der Waals surface area (Å²) in [4.78, 5) is 17.6. The van der Waals surface area contributed by atoms with Crippen LogP contribution in [0.3, 0.4) is 0 Å². The second-order valence-electron chi connectivity index (χ2n) is 7.48. The first-order valence-electron chi connectivity index (χ1n) is 10.2. The largest absolute Gasteiger partial charge is 0.454 e. The number of amides is 1. The van der Waals surface area contributed by atoms with Crippen molar-refractivity contribution in [3.63, 3.8) is 0 Å². The Morgan fingerprint density at radius 2 is 1.97 bits per heavy atom. The van der Waals surface area contributed by atoms with Crippen LogP contribution in [-0.2, 0) is 17.9 Å². The molecule has 8 heteroatoms. The van der Waals surface area contributed by atoms with Crippen LogP contribution in [0.4, 0.5) is 0 Å². The summed E-state index contributed by atoms with van der Waals surface area (Å²) in [6.45, 7) is 2.72. The number of aryl methyl sites for hydroxylation is 1. The predicted molar refractivity (Wildman–Crippen MR) is 118 cm³/mol. The van der Waals surface area contributed by atoms with Crippen molar-refractivity contribution in [3.05, 3.63) is 77.2 Å². The van der Waals surface area contributed by atoms with Crippen LogP contribution in [0, 0.1) is 6.92 Å². The number of nitrogens with one attached hydrogen (secondary N) is 1. The highest BCUT2D eigenvalue weighted by Crippen LogP contribution is 2.32. The van der Waals surface area contributed by atoms with E-state index in [4.69, 9.17) is 14.2 Å². The van der Waals surface area contributed by atoms with Gasteiger partial charge < -0.3 is 19.5 Å². The normalized spacial score (nSPS) is 12.3. The van der Waals surface area contributed by atoms with Gasteiger partial charge in [-0.05, 0) is 30.2 Å². The number of hydrogen-bond donors (Lipinski definition) is 1. The second kappa shape index (κ2) is 8.32. The molecule has 162 valence electrons. The van der Waals surface area contributed by atoms with Crippen LogP contribution in [0.5, 0.6) is 11.5 Å². The Morgan fingerprint density at radius 1 is 1.16 bits per heavy atom. The van der Waals surface area contributed by atoms with Gasteiger partial charge in [-0.15, -0.1) is 0 Å². The zero-order valence-electron chi connectivity index (χ0n) is 17.8. The molecule has 0 fully saturated rings. The molecule has 2 aromatic heterocycles. The van der Waals surface area contributed by atoms with E-state index in [1.165, 1.54) is 0 Å². The van der Waals surface area contributed by atoms with Crippen LogP contribution in [0.1, 0.15) is 27.3 Å². The summed E-state index contributed by atoms with van der Waals surface area (Å²) in [5.41, 5.74) is 5.46. The van der Waals surface area contributed by atoms with E-state index in [2.05, 4.69) is 15.4 Å². The number of benzene rings is 2. The van der Waals surface area contributed by atoms with Crippen LogP contribution in [-0.4, -0.2) is 34.4 Å². The van der Waals surface area contributed by atoms with Gasteiger partial charge >= 0.3 is 0 Å². The molecule has 0 bridgehead atoms. The lowest BCUT2D eigenvalue weighted by Gasteiger charge is -2.12. The van der Waals surface area contributed by atoms with Gasteiger partial charge in [0.25, 0.3) is 5.91 Å². The van der Waals surface area contributed by atoms with Crippen molar-refractivity contribution in [1.29, 1.82) is 0 Å². The van der Waals surface area contributed by atoms with E-state index in [-0.39, 0.29) is 19.3 Å². The van der Waals surface area contributed by atoms with Crippen molar-refractivity contribution in [2.45, 2.75) is 20.1 Å². The fraction of sp³-hybridized carbons (Fsp3) is 0.208. The van der Waals surface area contributed by atoms with Gasteiger partial charge in [0.15, 0.2) is 17.1 Å². The molecule has 2 aromatic carbocycles. The lowest BCUT2D eigenvalue weighted by molar-refractivity contribution is 0.0943. The zero-order chi connectivity index (χ0) is 22.1. The standard InChI is InChI=1S/C24H22N4O4/c1-15-22(17-6-4-3-5-7-17)23-25-12-18(19(13-30-2)28(23)27-15)24(29)26-11-16-8-9-20-21(10-16)32-14-31-20/h3-10,12H,11,13-14H2,1-2H3,(H,26,29). The number of carbonyl (C=O) groups excluding carboxylic acids is 1. The first-order valence-corrected chi connectivity index (χ1v) is 10.2. The van der Waals surface area contributed by atoms with Crippen molar-refractivity contribution >= 4 is 11.6 Å². The molecule has 1 aliphatic heterocycles. The average molecular weight is 430 g/mol. The molecule has 1 amide bonds. The van der Waals surface area contributed by atoms with E-state index in [9.17, 15) is 4.79 Å². The second-order valence-corrected chi connectivity index (χ2v) is 7.48. The molecule has 1 N–H and O–H groups in total. The molecule has 0 unspecified atom stereocenters. The van der Waals surface area contributed by atoms with Crippen LogP contribution >= 0.6 is 0 Å². The molecule has 3 heterocycles. The first-order chi connectivity index (χ1) is 15.7. The molecule has 32 heavy (non-hydrogen) atoms. The third-order valence-corrected chi connectivity index (χ3v) is 5.40. The van der Waals surface area contributed by atoms with Gasteiger partial charge in [-0.1, -0.05) is 36.4 Å². The quantitative estimate of drug-likeness (QED) is 0.504. The van der Waals surface area contributed by atoms with E-state index < -0.39 is 0 Å². The molecular formula is C24H22N4O4. The van der Waals surface area contributed by atoms with Crippen LogP contribution < -0.4 is 14.8 Å². The Hall–Kier alpha value is -3.91. The molecule has 8 nitrogen and oxygen atoms in total. The summed E-state index contributed by atoms with van der Waals surface area (Å²) in [5, 5.41) is 7.62. The number of carbonyl (C=O) groups is 1. The molecule has 0 radical (unpaired) electrons. The van der Waals surface area contributed by atoms with E-state index in [0.29, 0.717) is 34.9 Å².